The average Bonchev–Trinajstić information content (AvgIpc) is 2.59. The van der Waals surface area contributed by atoms with Crippen molar-refractivity contribution in [2.24, 2.45) is 0 Å². The predicted molar refractivity (Wildman–Crippen MR) is 86.1 cm³/mol. The largest absolute Gasteiger partial charge is 0.457 e. The lowest BCUT2D eigenvalue weighted by atomic mass is 10.1. The fraction of sp³-hybridized carbons (Fsp3) is 0.333. The summed E-state index contributed by atoms with van der Waals surface area (Å²) < 4.78 is 19.3. The Bertz CT molecular complexity index is 567. The number of ether oxygens (including phenoxy) is 1. The van der Waals surface area contributed by atoms with Gasteiger partial charge in [-0.3, -0.25) is 4.90 Å². The molecule has 1 fully saturated rings. The van der Waals surface area contributed by atoms with Gasteiger partial charge in [-0.05, 0) is 29.8 Å². The minimum Gasteiger partial charge on any atom is -0.457 e. The van der Waals surface area contributed by atoms with Crippen molar-refractivity contribution in [3.8, 4) is 11.5 Å². The molecule has 22 heavy (non-hydrogen) atoms. The van der Waals surface area contributed by atoms with Crippen molar-refractivity contribution in [1.29, 1.82) is 0 Å². The van der Waals surface area contributed by atoms with Gasteiger partial charge in [-0.25, -0.2) is 4.39 Å². The maximum Gasteiger partial charge on any atom is 0.127 e. The number of para-hydroxylation sites is 1. The average molecular weight is 300 g/mol. The fourth-order valence-electron chi connectivity index (χ4n) is 2.77. The normalized spacial score (nSPS) is 17.1. The third-order valence-electron chi connectivity index (χ3n) is 3.98. The van der Waals surface area contributed by atoms with Gasteiger partial charge in [0.25, 0.3) is 0 Å². The minimum absolute atomic E-state index is 0.159. The van der Waals surface area contributed by atoms with E-state index < -0.39 is 0 Å². The number of rotatable bonds is 5. The van der Waals surface area contributed by atoms with Crippen LogP contribution in [0.2, 0.25) is 0 Å². The number of nitrogens with zero attached hydrogens (tertiary/aromatic N) is 1. The summed E-state index contributed by atoms with van der Waals surface area (Å²) in [5.74, 6) is 1.58. The van der Waals surface area contributed by atoms with Gasteiger partial charge in [0.2, 0.25) is 0 Å². The third-order valence-corrected chi connectivity index (χ3v) is 3.98. The van der Waals surface area contributed by atoms with Gasteiger partial charge in [0.05, 0.1) is 6.04 Å². The molecular weight excluding hydrogens is 279 g/mol. The number of piperazine rings is 1. The maximum absolute atomic E-state index is 13.5. The lowest BCUT2D eigenvalue weighted by Gasteiger charge is -2.33. The van der Waals surface area contributed by atoms with Crippen LogP contribution in [0.3, 0.4) is 0 Å². The van der Waals surface area contributed by atoms with Crippen LogP contribution in [0.25, 0.3) is 0 Å². The van der Waals surface area contributed by atoms with E-state index in [0.717, 1.165) is 43.2 Å². The van der Waals surface area contributed by atoms with Crippen LogP contribution in [-0.2, 0) is 0 Å². The van der Waals surface area contributed by atoms with Crippen molar-refractivity contribution in [1.82, 2.24) is 10.2 Å². The number of benzene rings is 2. The second-order valence-electron chi connectivity index (χ2n) is 5.44. The molecular formula is C18H21FN2O. The zero-order valence-electron chi connectivity index (χ0n) is 12.5. The smallest absolute Gasteiger partial charge is 0.127 e. The van der Waals surface area contributed by atoms with Gasteiger partial charge in [-0.2, -0.15) is 0 Å². The van der Waals surface area contributed by atoms with E-state index >= 15 is 0 Å². The van der Waals surface area contributed by atoms with Gasteiger partial charge in [0, 0.05) is 26.2 Å². The summed E-state index contributed by atoms with van der Waals surface area (Å²) in [6.07, 6.45) is 0. The Morgan fingerprint density at radius 1 is 0.955 bits per heavy atom. The Morgan fingerprint density at radius 2 is 1.59 bits per heavy atom. The first kappa shape index (κ1) is 15.0. The van der Waals surface area contributed by atoms with E-state index in [1.54, 1.807) is 0 Å². The molecule has 1 saturated heterocycles. The van der Waals surface area contributed by atoms with Gasteiger partial charge in [0.1, 0.15) is 18.2 Å². The topological polar surface area (TPSA) is 24.5 Å². The van der Waals surface area contributed by atoms with E-state index in [0.29, 0.717) is 0 Å². The van der Waals surface area contributed by atoms with Gasteiger partial charge < -0.3 is 10.1 Å². The summed E-state index contributed by atoms with van der Waals surface area (Å²) in [6, 6.07) is 17.2. The molecule has 1 aliphatic rings. The first-order valence-corrected chi connectivity index (χ1v) is 7.70. The van der Waals surface area contributed by atoms with Crippen LogP contribution in [0.1, 0.15) is 11.6 Å². The molecule has 0 bridgehead atoms. The molecule has 1 atom stereocenters. The molecule has 116 valence electrons. The Labute approximate surface area is 130 Å². The summed E-state index contributed by atoms with van der Waals surface area (Å²) in [5.41, 5.74) is 1.00. The Balaban J connectivity index is 1.69. The van der Waals surface area contributed by atoms with E-state index in [9.17, 15) is 4.39 Å². The minimum atomic E-state index is -0.362. The van der Waals surface area contributed by atoms with Gasteiger partial charge in [-0.1, -0.05) is 30.3 Å². The van der Waals surface area contributed by atoms with Crippen molar-refractivity contribution in [2.75, 3.05) is 32.9 Å². The van der Waals surface area contributed by atoms with E-state index in [1.807, 2.05) is 54.6 Å². The van der Waals surface area contributed by atoms with Gasteiger partial charge >= 0.3 is 0 Å². The summed E-state index contributed by atoms with van der Waals surface area (Å²) in [6.45, 7) is 3.25. The van der Waals surface area contributed by atoms with Crippen molar-refractivity contribution in [3.63, 3.8) is 0 Å². The number of nitrogens with one attached hydrogen (secondary N) is 1. The molecule has 1 heterocycles. The van der Waals surface area contributed by atoms with Crippen LogP contribution in [-0.4, -0.2) is 37.8 Å². The highest BCUT2D eigenvalue weighted by Crippen LogP contribution is 2.26. The highest BCUT2D eigenvalue weighted by molar-refractivity contribution is 5.34. The first-order valence-electron chi connectivity index (χ1n) is 7.70. The van der Waals surface area contributed by atoms with E-state index in [1.165, 1.54) is 0 Å². The number of halogens is 1. The molecule has 2 aromatic carbocycles. The molecule has 1 aliphatic heterocycles. The van der Waals surface area contributed by atoms with E-state index in [2.05, 4.69) is 10.2 Å². The second-order valence-corrected chi connectivity index (χ2v) is 5.44. The van der Waals surface area contributed by atoms with Crippen LogP contribution in [0.5, 0.6) is 11.5 Å². The Kier molecular flexibility index (Phi) is 5.03. The molecule has 1 N–H and O–H groups in total. The number of alkyl halides is 1. The molecule has 0 aromatic heterocycles. The van der Waals surface area contributed by atoms with E-state index in [-0.39, 0.29) is 12.7 Å². The molecule has 0 amide bonds. The molecule has 0 aliphatic carbocycles. The third kappa shape index (κ3) is 3.64. The SMILES string of the molecule is FC[C@@H](c1ccc(Oc2ccccc2)cc1)N1CCNCC1. The Morgan fingerprint density at radius 3 is 2.23 bits per heavy atom. The summed E-state index contributed by atoms with van der Waals surface area (Å²) in [4.78, 5) is 2.20. The number of hydrogen-bond acceptors (Lipinski definition) is 3. The highest BCUT2D eigenvalue weighted by Gasteiger charge is 2.21. The van der Waals surface area contributed by atoms with E-state index in [4.69, 9.17) is 4.74 Å². The first-order chi connectivity index (χ1) is 10.9. The Hall–Kier alpha value is -1.91. The van der Waals surface area contributed by atoms with Crippen molar-refractivity contribution < 1.29 is 9.13 Å². The quantitative estimate of drug-likeness (QED) is 0.916. The summed E-state index contributed by atoms with van der Waals surface area (Å²) in [7, 11) is 0. The zero-order chi connectivity index (χ0) is 15.2. The predicted octanol–water partition coefficient (Wildman–Crippen LogP) is 3.39. The summed E-state index contributed by atoms with van der Waals surface area (Å²) in [5, 5.41) is 3.30. The van der Waals surface area contributed by atoms with Crippen LogP contribution >= 0.6 is 0 Å². The number of hydrogen-bond donors (Lipinski definition) is 1. The van der Waals surface area contributed by atoms with Crippen LogP contribution in [0.4, 0.5) is 4.39 Å². The molecule has 4 heteroatoms. The maximum atomic E-state index is 13.5. The van der Waals surface area contributed by atoms with Crippen molar-refractivity contribution >= 4 is 0 Å². The lowest BCUT2D eigenvalue weighted by Crippen LogP contribution is -2.45. The molecule has 0 spiro atoms. The molecule has 2 aromatic rings. The summed E-state index contributed by atoms with van der Waals surface area (Å²) >= 11 is 0. The standard InChI is InChI=1S/C18H21FN2O/c19-14-18(21-12-10-20-11-13-21)15-6-8-17(9-7-15)22-16-4-2-1-3-5-16/h1-9,18,20H,10-14H2/t18-/m0/s1. The molecule has 3 nitrogen and oxygen atoms in total. The van der Waals surface area contributed by atoms with Crippen LogP contribution in [0, 0.1) is 0 Å². The van der Waals surface area contributed by atoms with Crippen molar-refractivity contribution in [2.45, 2.75) is 6.04 Å². The lowest BCUT2D eigenvalue weighted by molar-refractivity contribution is 0.147. The zero-order valence-corrected chi connectivity index (χ0v) is 12.5. The van der Waals surface area contributed by atoms with Crippen LogP contribution < -0.4 is 10.1 Å². The van der Waals surface area contributed by atoms with Gasteiger partial charge in [0.15, 0.2) is 0 Å². The highest BCUT2D eigenvalue weighted by atomic mass is 19.1. The molecule has 0 radical (unpaired) electrons. The molecule has 0 unspecified atom stereocenters. The van der Waals surface area contributed by atoms with Crippen LogP contribution in [0.15, 0.2) is 54.6 Å². The molecule has 0 saturated carbocycles. The molecule has 3 rings (SSSR count). The van der Waals surface area contributed by atoms with Gasteiger partial charge in [-0.15, -0.1) is 0 Å². The van der Waals surface area contributed by atoms with Crippen molar-refractivity contribution in [3.05, 3.63) is 60.2 Å². The second kappa shape index (κ2) is 7.38. The fourth-order valence-corrected chi connectivity index (χ4v) is 2.77. The monoisotopic (exact) mass is 300 g/mol.